The molecule has 0 radical (unpaired) electrons. The number of halogens is 1. The number of carbonyl (C=O) groups excluding carboxylic acids is 2. The third-order valence-electron chi connectivity index (χ3n) is 6.68. The summed E-state index contributed by atoms with van der Waals surface area (Å²) in [6.07, 6.45) is 1.68. The van der Waals surface area contributed by atoms with E-state index in [1.54, 1.807) is 47.9 Å². The maximum absolute atomic E-state index is 13.6. The number of pyridine rings is 1. The van der Waals surface area contributed by atoms with E-state index >= 15 is 0 Å². The topological polar surface area (TPSA) is 144 Å². The molecular formula is C28H19ClN6O5S2. The molecule has 42 heavy (non-hydrogen) atoms. The third-order valence-corrected chi connectivity index (χ3v) is 9.15. The molecule has 0 aliphatic carbocycles. The summed E-state index contributed by atoms with van der Waals surface area (Å²) in [4.78, 5) is 43.8. The Balaban J connectivity index is 1.47. The van der Waals surface area contributed by atoms with Crippen LogP contribution in [0.5, 0.6) is 0 Å². The Morgan fingerprint density at radius 3 is 2.69 bits per heavy atom. The summed E-state index contributed by atoms with van der Waals surface area (Å²) in [6.45, 7) is 1.67. The number of nitrogens with zero attached hydrogens (tertiary/aromatic N) is 6. The van der Waals surface area contributed by atoms with Crippen molar-refractivity contribution in [3.05, 3.63) is 116 Å². The lowest BCUT2D eigenvalue weighted by atomic mass is 9.96. The number of imidazole rings is 1. The number of nitro benzene ring substituents is 1. The number of aliphatic hydroxyl groups excluding tert-OH is 1. The molecule has 14 heteroatoms. The SMILES string of the molecule is Cc1nc2ccccn2c1/C(O)=C1\C(=O)C(=O)N(c2nnc(SCc3ccccc3Cl)s2)C1c1cccc([N+](=O)[O-])c1. The van der Waals surface area contributed by atoms with Gasteiger partial charge in [0.1, 0.15) is 11.3 Å². The molecule has 1 unspecified atom stereocenters. The fourth-order valence-electron chi connectivity index (χ4n) is 4.79. The van der Waals surface area contributed by atoms with Crippen molar-refractivity contribution in [3.8, 4) is 0 Å². The summed E-state index contributed by atoms with van der Waals surface area (Å²) in [5.41, 5.74) is 1.84. The maximum atomic E-state index is 13.6. The predicted molar refractivity (Wildman–Crippen MR) is 159 cm³/mol. The average molecular weight is 619 g/mol. The molecule has 1 aliphatic rings. The second kappa shape index (κ2) is 11.0. The van der Waals surface area contributed by atoms with Crippen LogP contribution in [0.4, 0.5) is 10.8 Å². The van der Waals surface area contributed by atoms with Gasteiger partial charge >= 0.3 is 5.91 Å². The van der Waals surface area contributed by atoms with E-state index in [9.17, 15) is 24.8 Å². The zero-order chi connectivity index (χ0) is 29.5. The summed E-state index contributed by atoms with van der Waals surface area (Å²) in [7, 11) is 0. The number of fused-ring (bicyclic) bond motifs is 1. The number of ketones is 1. The lowest BCUT2D eigenvalue weighted by Gasteiger charge is -2.22. The van der Waals surface area contributed by atoms with Crippen LogP contribution in [0, 0.1) is 17.0 Å². The molecule has 1 saturated heterocycles. The van der Waals surface area contributed by atoms with Crippen LogP contribution in [0.1, 0.15) is 28.6 Å². The molecule has 0 bridgehead atoms. The van der Waals surface area contributed by atoms with Crippen LogP contribution < -0.4 is 4.90 Å². The number of rotatable bonds is 7. The molecule has 0 spiro atoms. The number of thioether (sulfide) groups is 1. The average Bonchev–Trinajstić information content (AvgIpc) is 3.66. The van der Waals surface area contributed by atoms with Gasteiger partial charge < -0.3 is 5.11 Å². The van der Waals surface area contributed by atoms with E-state index in [0.717, 1.165) is 21.8 Å². The minimum Gasteiger partial charge on any atom is -0.505 e. The second-order valence-electron chi connectivity index (χ2n) is 9.23. The zero-order valence-corrected chi connectivity index (χ0v) is 24.1. The van der Waals surface area contributed by atoms with Crippen LogP contribution in [0.15, 0.2) is 82.8 Å². The zero-order valence-electron chi connectivity index (χ0n) is 21.7. The van der Waals surface area contributed by atoms with Crippen molar-refractivity contribution in [2.75, 3.05) is 4.90 Å². The fraction of sp³-hybridized carbons (Fsp3) is 0.107. The first kappa shape index (κ1) is 27.6. The third kappa shape index (κ3) is 4.81. The molecule has 5 aromatic rings. The van der Waals surface area contributed by atoms with Crippen molar-refractivity contribution >= 4 is 68.6 Å². The van der Waals surface area contributed by atoms with E-state index in [0.29, 0.717) is 26.5 Å². The number of benzene rings is 2. The highest BCUT2D eigenvalue weighted by Gasteiger charge is 2.49. The van der Waals surface area contributed by atoms with Gasteiger partial charge in [-0.25, -0.2) is 4.98 Å². The van der Waals surface area contributed by atoms with E-state index in [-0.39, 0.29) is 27.6 Å². The Kier molecular flexibility index (Phi) is 7.22. The number of hydrogen-bond acceptors (Lipinski definition) is 10. The minimum atomic E-state index is -1.21. The van der Waals surface area contributed by atoms with Crippen LogP contribution in [-0.4, -0.2) is 41.3 Å². The van der Waals surface area contributed by atoms with Gasteiger partial charge in [-0.1, -0.05) is 71.1 Å². The van der Waals surface area contributed by atoms with E-state index in [4.69, 9.17) is 11.6 Å². The molecule has 2 aromatic carbocycles. The van der Waals surface area contributed by atoms with Gasteiger partial charge in [0.15, 0.2) is 10.1 Å². The highest BCUT2D eigenvalue weighted by Crippen LogP contribution is 2.45. The van der Waals surface area contributed by atoms with Crippen LogP contribution >= 0.6 is 34.7 Å². The highest BCUT2D eigenvalue weighted by atomic mass is 35.5. The normalized spacial score (nSPS) is 16.4. The molecule has 1 aliphatic heterocycles. The number of amides is 1. The van der Waals surface area contributed by atoms with Crippen molar-refractivity contribution in [2.24, 2.45) is 0 Å². The molecule has 1 N–H and O–H groups in total. The first-order chi connectivity index (χ1) is 20.2. The van der Waals surface area contributed by atoms with Gasteiger partial charge in [0.05, 0.1) is 22.2 Å². The Morgan fingerprint density at radius 2 is 1.90 bits per heavy atom. The largest absolute Gasteiger partial charge is 0.505 e. The fourth-order valence-corrected chi connectivity index (χ4v) is 6.95. The number of Topliss-reactive ketones (excluding diaryl/α,β-unsaturated/α-hetero) is 1. The maximum Gasteiger partial charge on any atom is 0.301 e. The number of hydrogen-bond donors (Lipinski definition) is 1. The lowest BCUT2D eigenvalue weighted by molar-refractivity contribution is -0.384. The first-order valence-electron chi connectivity index (χ1n) is 12.4. The standard InChI is InChI=1S/C28H19ClN6O5S2/c1-15-22(33-12-5-4-11-20(33)30-15)24(36)21-23(16-8-6-9-18(13-16)35(39)40)34(26(38)25(21)37)27-31-32-28(42-27)41-14-17-7-2-3-10-19(17)29/h2-13,23,36H,14H2,1H3/b24-21+. The summed E-state index contributed by atoms with van der Waals surface area (Å²) in [5.74, 6) is -1.87. The van der Waals surface area contributed by atoms with Crippen LogP contribution in [-0.2, 0) is 15.3 Å². The Morgan fingerprint density at radius 1 is 1.12 bits per heavy atom. The van der Waals surface area contributed by atoms with E-state index in [2.05, 4.69) is 15.2 Å². The van der Waals surface area contributed by atoms with Gasteiger partial charge in [0.25, 0.3) is 11.5 Å². The van der Waals surface area contributed by atoms with E-state index < -0.39 is 28.4 Å². The molecule has 3 aromatic heterocycles. The van der Waals surface area contributed by atoms with Gasteiger partial charge in [0, 0.05) is 29.1 Å². The number of aryl methyl sites for hydroxylation is 1. The number of aromatic nitrogens is 4. The molecule has 0 saturated carbocycles. The molecule has 210 valence electrons. The van der Waals surface area contributed by atoms with Crippen LogP contribution in [0.25, 0.3) is 11.4 Å². The predicted octanol–water partition coefficient (Wildman–Crippen LogP) is 5.97. The van der Waals surface area contributed by atoms with Crippen LogP contribution in [0.3, 0.4) is 0 Å². The molecule has 4 heterocycles. The van der Waals surface area contributed by atoms with Gasteiger partial charge in [-0.05, 0) is 36.2 Å². The molecule has 1 fully saturated rings. The number of nitro groups is 1. The molecular weight excluding hydrogens is 600 g/mol. The van der Waals surface area contributed by atoms with Crippen molar-refractivity contribution < 1.29 is 19.6 Å². The summed E-state index contributed by atoms with van der Waals surface area (Å²) < 4.78 is 2.12. The Hall–Kier alpha value is -4.59. The quantitative estimate of drug-likeness (QED) is 0.0443. The monoisotopic (exact) mass is 618 g/mol. The van der Waals surface area contributed by atoms with Gasteiger partial charge in [-0.3, -0.25) is 29.0 Å². The second-order valence-corrected chi connectivity index (χ2v) is 11.8. The van der Waals surface area contributed by atoms with Crippen molar-refractivity contribution in [1.29, 1.82) is 0 Å². The summed E-state index contributed by atoms with van der Waals surface area (Å²) >= 11 is 8.71. The lowest BCUT2D eigenvalue weighted by Crippen LogP contribution is -2.29. The molecule has 11 nitrogen and oxygen atoms in total. The van der Waals surface area contributed by atoms with Gasteiger partial charge in [-0.2, -0.15) is 0 Å². The highest BCUT2D eigenvalue weighted by molar-refractivity contribution is 8.00. The first-order valence-corrected chi connectivity index (χ1v) is 14.6. The molecule has 6 rings (SSSR count). The number of aliphatic hydroxyl groups is 1. The number of carbonyl (C=O) groups is 2. The van der Waals surface area contributed by atoms with Crippen molar-refractivity contribution in [1.82, 2.24) is 19.6 Å². The molecule has 1 atom stereocenters. The van der Waals surface area contributed by atoms with Crippen molar-refractivity contribution in [2.45, 2.75) is 23.1 Å². The van der Waals surface area contributed by atoms with Gasteiger partial charge in [-0.15, -0.1) is 10.2 Å². The van der Waals surface area contributed by atoms with E-state index in [1.165, 1.54) is 30.0 Å². The smallest absolute Gasteiger partial charge is 0.301 e. The van der Waals surface area contributed by atoms with E-state index in [1.807, 2.05) is 18.2 Å². The molecule has 1 amide bonds. The van der Waals surface area contributed by atoms with Crippen LogP contribution in [0.2, 0.25) is 5.02 Å². The van der Waals surface area contributed by atoms with Crippen molar-refractivity contribution in [3.63, 3.8) is 0 Å². The Labute approximate surface area is 251 Å². The van der Waals surface area contributed by atoms with Gasteiger partial charge in [0.2, 0.25) is 5.13 Å². The Bertz CT molecular complexity index is 1940. The summed E-state index contributed by atoms with van der Waals surface area (Å²) in [6, 6.07) is 17.0. The summed E-state index contributed by atoms with van der Waals surface area (Å²) in [5, 5.41) is 32.3. The minimum absolute atomic E-state index is 0.101. The number of non-ortho nitro benzene ring substituents is 1. The number of anilines is 1.